The molecule has 0 bridgehead atoms. The zero-order chi connectivity index (χ0) is 12.4. The van der Waals surface area contributed by atoms with E-state index in [-0.39, 0.29) is 0 Å². The standard InChI is InChI=1S/C11H8BrN3O2S/c12-9-3-2-8(16-9)11-14-10(17-15-11)4-1-7-5-18-6-13-7/h2-3,5-6H,1,4H2. The first-order valence-electron chi connectivity index (χ1n) is 5.26. The highest BCUT2D eigenvalue weighted by Gasteiger charge is 2.12. The molecule has 3 heterocycles. The van der Waals surface area contributed by atoms with Gasteiger partial charge in [0.25, 0.3) is 0 Å². The maximum Gasteiger partial charge on any atom is 0.238 e. The molecule has 0 aromatic carbocycles. The van der Waals surface area contributed by atoms with Gasteiger partial charge in [-0.3, -0.25) is 0 Å². The Morgan fingerprint density at radius 1 is 1.28 bits per heavy atom. The number of nitrogens with zero attached hydrogens (tertiary/aromatic N) is 3. The van der Waals surface area contributed by atoms with Crippen LogP contribution >= 0.6 is 27.3 Å². The molecule has 18 heavy (non-hydrogen) atoms. The van der Waals surface area contributed by atoms with Crippen molar-refractivity contribution in [3.8, 4) is 11.6 Å². The van der Waals surface area contributed by atoms with Gasteiger partial charge in [-0.2, -0.15) is 4.98 Å². The monoisotopic (exact) mass is 325 g/mol. The van der Waals surface area contributed by atoms with Crippen LogP contribution in [0.3, 0.4) is 0 Å². The van der Waals surface area contributed by atoms with Crippen LogP contribution in [0.25, 0.3) is 11.6 Å². The summed E-state index contributed by atoms with van der Waals surface area (Å²) >= 11 is 4.81. The Kier molecular flexibility index (Phi) is 3.24. The average molecular weight is 326 g/mol. The molecule has 0 radical (unpaired) electrons. The van der Waals surface area contributed by atoms with Gasteiger partial charge in [0.15, 0.2) is 10.4 Å². The van der Waals surface area contributed by atoms with E-state index in [1.165, 1.54) is 0 Å². The maximum absolute atomic E-state index is 5.35. The fraction of sp³-hybridized carbons (Fsp3) is 0.182. The van der Waals surface area contributed by atoms with Crippen molar-refractivity contribution in [2.24, 2.45) is 0 Å². The molecule has 3 aromatic heterocycles. The van der Waals surface area contributed by atoms with Gasteiger partial charge in [0.05, 0.1) is 11.2 Å². The first kappa shape index (κ1) is 11.6. The second kappa shape index (κ2) is 5.03. The second-order valence-corrected chi connectivity index (χ2v) is 5.10. The average Bonchev–Trinajstić information content (AvgIpc) is 3.07. The van der Waals surface area contributed by atoms with Crippen LogP contribution in [-0.2, 0) is 12.8 Å². The number of rotatable bonds is 4. The molecule has 7 heteroatoms. The molecule has 0 aliphatic carbocycles. The number of hydrogen-bond acceptors (Lipinski definition) is 6. The zero-order valence-corrected chi connectivity index (χ0v) is 11.6. The van der Waals surface area contributed by atoms with Gasteiger partial charge in [0, 0.05) is 11.8 Å². The third-order valence-electron chi connectivity index (χ3n) is 2.34. The molecule has 92 valence electrons. The van der Waals surface area contributed by atoms with Gasteiger partial charge in [0.2, 0.25) is 11.7 Å². The number of thiazole rings is 1. The lowest BCUT2D eigenvalue weighted by Crippen LogP contribution is -1.91. The Morgan fingerprint density at radius 3 is 2.94 bits per heavy atom. The van der Waals surface area contributed by atoms with E-state index in [9.17, 15) is 0 Å². The maximum atomic E-state index is 5.35. The lowest BCUT2D eigenvalue weighted by atomic mass is 10.2. The van der Waals surface area contributed by atoms with Crippen LogP contribution in [-0.4, -0.2) is 15.1 Å². The van der Waals surface area contributed by atoms with Crippen LogP contribution < -0.4 is 0 Å². The number of aryl methyl sites for hydroxylation is 2. The summed E-state index contributed by atoms with van der Waals surface area (Å²) in [7, 11) is 0. The highest BCUT2D eigenvalue weighted by Crippen LogP contribution is 2.22. The molecule has 0 unspecified atom stereocenters. The first-order chi connectivity index (χ1) is 8.81. The van der Waals surface area contributed by atoms with Crippen molar-refractivity contribution in [2.75, 3.05) is 0 Å². The van der Waals surface area contributed by atoms with Crippen LogP contribution in [0.4, 0.5) is 0 Å². The third-order valence-corrected chi connectivity index (χ3v) is 3.40. The van der Waals surface area contributed by atoms with Gasteiger partial charge in [-0.25, -0.2) is 4.98 Å². The summed E-state index contributed by atoms with van der Waals surface area (Å²) in [6.45, 7) is 0. The molecule has 3 rings (SSSR count). The fourth-order valence-electron chi connectivity index (χ4n) is 1.49. The molecular formula is C11H8BrN3O2S. The summed E-state index contributed by atoms with van der Waals surface area (Å²) in [4.78, 5) is 8.48. The highest BCUT2D eigenvalue weighted by atomic mass is 79.9. The van der Waals surface area contributed by atoms with Crippen molar-refractivity contribution in [1.29, 1.82) is 0 Å². The van der Waals surface area contributed by atoms with Gasteiger partial charge < -0.3 is 8.94 Å². The number of furan rings is 1. The minimum absolute atomic E-state index is 0.467. The summed E-state index contributed by atoms with van der Waals surface area (Å²) < 4.78 is 11.2. The molecule has 0 saturated carbocycles. The molecule has 0 saturated heterocycles. The van der Waals surface area contributed by atoms with Gasteiger partial charge in [-0.15, -0.1) is 11.3 Å². The Balaban J connectivity index is 1.70. The van der Waals surface area contributed by atoms with E-state index < -0.39 is 0 Å². The minimum Gasteiger partial charge on any atom is -0.446 e. The molecule has 0 fully saturated rings. The largest absolute Gasteiger partial charge is 0.446 e. The van der Waals surface area contributed by atoms with Crippen molar-refractivity contribution in [2.45, 2.75) is 12.8 Å². The Labute approximate surface area is 115 Å². The quantitative estimate of drug-likeness (QED) is 0.736. The molecule has 0 amide bonds. The molecule has 0 aliphatic heterocycles. The van der Waals surface area contributed by atoms with Crippen molar-refractivity contribution in [3.05, 3.63) is 39.3 Å². The number of hydrogen-bond donors (Lipinski definition) is 0. The van der Waals surface area contributed by atoms with E-state index in [0.29, 0.717) is 28.6 Å². The Bertz CT molecular complexity index is 632. The van der Waals surface area contributed by atoms with Crippen LogP contribution in [0.1, 0.15) is 11.6 Å². The third kappa shape index (κ3) is 2.51. The topological polar surface area (TPSA) is 65.0 Å². The molecule has 3 aromatic rings. The molecule has 0 aliphatic rings. The lowest BCUT2D eigenvalue weighted by molar-refractivity contribution is 0.377. The van der Waals surface area contributed by atoms with Crippen LogP contribution in [0.5, 0.6) is 0 Å². The highest BCUT2D eigenvalue weighted by molar-refractivity contribution is 9.10. The van der Waals surface area contributed by atoms with Crippen molar-refractivity contribution in [1.82, 2.24) is 15.1 Å². The van der Waals surface area contributed by atoms with E-state index in [4.69, 9.17) is 8.94 Å². The molecule has 0 atom stereocenters. The molecular weight excluding hydrogens is 318 g/mol. The summed E-state index contributed by atoms with van der Waals surface area (Å²) in [6.07, 6.45) is 1.48. The predicted octanol–water partition coefficient (Wildman–Crippen LogP) is 3.33. The van der Waals surface area contributed by atoms with E-state index in [0.717, 1.165) is 12.1 Å². The smallest absolute Gasteiger partial charge is 0.238 e. The van der Waals surface area contributed by atoms with Gasteiger partial charge in [-0.1, -0.05) is 5.16 Å². The van der Waals surface area contributed by atoms with Crippen molar-refractivity contribution >= 4 is 27.3 Å². The zero-order valence-electron chi connectivity index (χ0n) is 9.17. The summed E-state index contributed by atoms with van der Waals surface area (Å²) in [5.41, 5.74) is 2.86. The number of halogens is 1. The van der Waals surface area contributed by atoms with E-state index in [1.54, 1.807) is 23.5 Å². The first-order valence-corrected chi connectivity index (χ1v) is 7.00. The van der Waals surface area contributed by atoms with Crippen molar-refractivity contribution in [3.63, 3.8) is 0 Å². The van der Waals surface area contributed by atoms with Gasteiger partial charge in [-0.05, 0) is 34.5 Å². The lowest BCUT2D eigenvalue weighted by Gasteiger charge is -1.90. The van der Waals surface area contributed by atoms with Gasteiger partial charge in [0.1, 0.15) is 0 Å². The Hall–Kier alpha value is -1.47. The summed E-state index contributed by atoms with van der Waals surface area (Å²) in [5, 5.41) is 5.90. The minimum atomic E-state index is 0.467. The van der Waals surface area contributed by atoms with E-state index in [2.05, 4.69) is 31.1 Å². The van der Waals surface area contributed by atoms with Gasteiger partial charge >= 0.3 is 0 Å². The van der Waals surface area contributed by atoms with Crippen LogP contribution in [0.2, 0.25) is 0 Å². The summed E-state index contributed by atoms with van der Waals surface area (Å²) in [5.74, 6) is 1.64. The van der Waals surface area contributed by atoms with E-state index in [1.807, 2.05) is 10.9 Å². The second-order valence-electron chi connectivity index (χ2n) is 3.60. The predicted molar refractivity (Wildman–Crippen MR) is 69.2 cm³/mol. The molecule has 0 N–H and O–H groups in total. The van der Waals surface area contributed by atoms with Crippen molar-refractivity contribution < 1.29 is 8.94 Å². The van der Waals surface area contributed by atoms with E-state index >= 15 is 0 Å². The number of aromatic nitrogens is 3. The molecule has 0 spiro atoms. The SMILES string of the molecule is Brc1ccc(-c2noc(CCc3cscn3)n2)o1. The Morgan fingerprint density at radius 2 is 2.22 bits per heavy atom. The van der Waals surface area contributed by atoms with Crippen LogP contribution in [0, 0.1) is 0 Å². The fourth-order valence-corrected chi connectivity index (χ4v) is 2.39. The molecule has 5 nitrogen and oxygen atoms in total. The van der Waals surface area contributed by atoms with Crippen LogP contribution in [0.15, 0.2) is 36.6 Å². The summed E-state index contributed by atoms with van der Waals surface area (Å²) in [6, 6.07) is 3.58. The normalized spacial score (nSPS) is 10.9.